The molecule has 0 radical (unpaired) electrons. The first-order valence-electron chi connectivity index (χ1n) is 10.4. The van der Waals surface area contributed by atoms with Gasteiger partial charge in [-0.2, -0.15) is 14.3 Å². The zero-order chi connectivity index (χ0) is 23.4. The molecule has 1 atom stereocenters. The Hall–Kier alpha value is -3.09. The van der Waals surface area contributed by atoms with Gasteiger partial charge >= 0.3 is 0 Å². The van der Waals surface area contributed by atoms with Gasteiger partial charge in [-0.25, -0.2) is 17.8 Å². The van der Waals surface area contributed by atoms with E-state index in [0.29, 0.717) is 49.6 Å². The molecule has 2 aromatic heterocycles. The van der Waals surface area contributed by atoms with Crippen molar-refractivity contribution in [2.75, 3.05) is 48.0 Å². The number of rotatable bonds is 7. The highest BCUT2D eigenvalue weighted by Gasteiger charge is 2.25. The number of anilines is 4. The molecule has 2 N–H and O–H groups in total. The highest BCUT2D eigenvalue weighted by molar-refractivity contribution is 7.88. The number of hydrogen-bond donors (Lipinski definition) is 2. The predicted molar refractivity (Wildman–Crippen MR) is 132 cm³/mol. The Morgan fingerprint density at radius 2 is 1.74 bits per heavy atom. The lowest BCUT2D eigenvalue weighted by atomic mass is 10.1. The Morgan fingerprint density at radius 1 is 1.03 bits per heavy atom. The molecule has 3 heterocycles. The Bertz CT molecular complexity index is 1190. The molecule has 4 rings (SSSR count). The van der Waals surface area contributed by atoms with Crippen molar-refractivity contribution in [1.82, 2.24) is 24.2 Å². The van der Waals surface area contributed by atoms with E-state index in [1.54, 1.807) is 36.8 Å². The fourth-order valence-corrected chi connectivity index (χ4v) is 4.32. The summed E-state index contributed by atoms with van der Waals surface area (Å²) in [5.74, 6) is 1.77. The van der Waals surface area contributed by atoms with Crippen LogP contribution in [0.1, 0.15) is 18.5 Å². The maximum absolute atomic E-state index is 13.3. The molecule has 13 heteroatoms. The molecule has 1 aliphatic rings. The second-order valence-corrected chi connectivity index (χ2v) is 9.70. The van der Waals surface area contributed by atoms with Crippen LogP contribution >= 0.6 is 12.4 Å². The summed E-state index contributed by atoms with van der Waals surface area (Å²) >= 11 is 0. The summed E-state index contributed by atoms with van der Waals surface area (Å²) in [5, 5.41) is 6.39. The second kappa shape index (κ2) is 10.9. The topological polar surface area (TPSA) is 116 Å². The minimum Gasteiger partial charge on any atom is -0.354 e. The average Bonchev–Trinajstić information content (AvgIpc) is 2.79. The molecule has 182 valence electrons. The lowest BCUT2D eigenvalue weighted by Crippen LogP contribution is -2.48. The maximum atomic E-state index is 13.3. The van der Waals surface area contributed by atoms with Crippen LogP contribution in [0.2, 0.25) is 0 Å². The van der Waals surface area contributed by atoms with E-state index in [-0.39, 0.29) is 24.3 Å². The van der Waals surface area contributed by atoms with Gasteiger partial charge in [-0.15, -0.1) is 12.4 Å². The van der Waals surface area contributed by atoms with Crippen LogP contribution in [0.4, 0.5) is 27.8 Å². The molecule has 1 fully saturated rings. The van der Waals surface area contributed by atoms with Crippen LogP contribution in [0.25, 0.3) is 0 Å². The highest BCUT2D eigenvalue weighted by atomic mass is 35.5. The lowest BCUT2D eigenvalue weighted by molar-refractivity contribution is 0.387. The monoisotopic (exact) mass is 508 g/mol. The van der Waals surface area contributed by atoms with Crippen molar-refractivity contribution in [3.8, 4) is 0 Å². The fourth-order valence-electron chi connectivity index (χ4n) is 3.50. The van der Waals surface area contributed by atoms with Gasteiger partial charge in [-0.3, -0.25) is 4.98 Å². The third-order valence-electron chi connectivity index (χ3n) is 5.28. The van der Waals surface area contributed by atoms with Crippen molar-refractivity contribution in [2.45, 2.75) is 13.0 Å². The predicted octanol–water partition coefficient (Wildman–Crippen LogP) is 2.83. The Balaban J connectivity index is 0.00000324. The Labute approximate surface area is 204 Å². The Kier molecular flexibility index (Phi) is 8.18. The van der Waals surface area contributed by atoms with Gasteiger partial charge in [-0.1, -0.05) is 12.1 Å². The smallest absolute Gasteiger partial charge is 0.227 e. The summed E-state index contributed by atoms with van der Waals surface area (Å²) in [4.78, 5) is 19.5. The summed E-state index contributed by atoms with van der Waals surface area (Å²) < 4.78 is 38.4. The van der Waals surface area contributed by atoms with Gasteiger partial charge in [0.25, 0.3) is 0 Å². The molecule has 0 saturated carbocycles. The zero-order valence-corrected chi connectivity index (χ0v) is 20.4. The van der Waals surface area contributed by atoms with Crippen LogP contribution in [0.3, 0.4) is 0 Å². The molecule has 34 heavy (non-hydrogen) atoms. The maximum Gasteiger partial charge on any atom is 0.227 e. The molecular weight excluding hydrogens is 483 g/mol. The third kappa shape index (κ3) is 6.49. The van der Waals surface area contributed by atoms with E-state index in [1.807, 2.05) is 11.8 Å². The number of piperazine rings is 1. The molecule has 0 amide bonds. The van der Waals surface area contributed by atoms with Crippen molar-refractivity contribution in [3.63, 3.8) is 0 Å². The zero-order valence-electron chi connectivity index (χ0n) is 18.7. The van der Waals surface area contributed by atoms with E-state index >= 15 is 0 Å². The van der Waals surface area contributed by atoms with Crippen LogP contribution in [0.15, 0.2) is 48.9 Å². The number of aromatic nitrogens is 4. The third-order valence-corrected chi connectivity index (χ3v) is 6.58. The number of nitrogens with zero attached hydrogens (tertiary/aromatic N) is 6. The minimum atomic E-state index is -3.23. The molecular formula is C21H26ClFN8O2S. The molecule has 0 spiro atoms. The lowest BCUT2D eigenvalue weighted by Gasteiger charge is -2.34. The first kappa shape index (κ1) is 25.5. The molecule has 1 aromatic carbocycles. The summed E-state index contributed by atoms with van der Waals surface area (Å²) in [6, 6.07) is 7.85. The van der Waals surface area contributed by atoms with E-state index in [2.05, 4.69) is 30.6 Å². The Morgan fingerprint density at radius 3 is 2.35 bits per heavy atom. The SMILES string of the molecule is CC(Nc1nc(Nc2cnccn2)cc(N2CCN(S(C)(=O)=O)CC2)n1)c1ccc(F)cc1.Cl. The van der Waals surface area contributed by atoms with Gasteiger partial charge < -0.3 is 15.5 Å². The average molecular weight is 509 g/mol. The normalized spacial score (nSPS) is 15.3. The van der Waals surface area contributed by atoms with Crippen LogP contribution in [-0.4, -0.2) is 65.1 Å². The minimum absolute atomic E-state index is 0. The molecule has 1 unspecified atom stereocenters. The van der Waals surface area contributed by atoms with E-state index in [1.165, 1.54) is 22.7 Å². The standard InChI is InChI=1S/C21H25FN8O2S.ClH/c1-15(16-3-5-17(22)6-4-16)25-21-27-18(26-19-14-23-7-8-24-19)13-20(28-21)29-9-11-30(12-10-29)33(2,31)32;/h3-8,13-15H,9-12H2,1-2H3,(H2,24,25,26,27,28);1H. The fraction of sp³-hybridized carbons (Fsp3) is 0.333. The van der Waals surface area contributed by atoms with Crippen molar-refractivity contribution in [1.29, 1.82) is 0 Å². The molecule has 1 aliphatic heterocycles. The highest BCUT2D eigenvalue weighted by Crippen LogP contribution is 2.24. The number of sulfonamides is 1. The van der Waals surface area contributed by atoms with Gasteiger partial charge in [0.1, 0.15) is 23.3 Å². The van der Waals surface area contributed by atoms with Crippen molar-refractivity contribution >= 4 is 45.8 Å². The van der Waals surface area contributed by atoms with Gasteiger partial charge in [0.05, 0.1) is 18.5 Å². The van der Waals surface area contributed by atoms with Crippen LogP contribution in [0, 0.1) is 5.82 Å². The van der Waals surface area contributed by atoms with Crippen molar-refractivity contribution < 1.29 is 12.8 Å². The summed E-state index contributed by atoms with van der Waals surface area (Å²) in [7, 11) is -3.23. The molecule has 0 bridgehead atoms. The first-order valence-corrected chi connectivity index (χ1v) is 12.3. The number of halogens is 2. The van der Waals surface area contributed by atoms with E-state index in [4.69, 9.17) is 0 Å². The van der Waals surface area contributed by atoms with Crippen LogP contribution in [-0.2, 0) is 10.0 Å². The summed E-state index contributed by atoms with van der Waals surface area (Å²) in [6.45, 7) is 3.70. The number of benzene rings is 1. The largest absolute Gasteiger partial charge is 0.354 e. The van der Waals surface area contributed by atoms with E-state index < -0.39 is 10.0 Å². The summed E-state index contributed by atoms with van der Waals surface area (Å²) in [5.41, 5.74) is 0.885. The first-order chi connectivity index (χ1) is 15.8. The van der Waals surface area contributed by atoms with Gasteiger partial charge in [0.15, 0.2) is 0 Å². The number of hydrogen-bond acceptors (Lipinski definition) is 9. The second-order valence-electron chi connectivity index (χ2n) is 7.72. The van der Waals surface area contributed by atoms with Crippen molar-refractivity contribution in [3.05, 3.63) is 60.3 Å². The van der Waals surface area contributed by atoms with Crippen LogP contribution in [0.5, 0.6) is 0 Å². The van der Waals surface area contributed by atoms with Crippen molar-refractivity contribution in [2.24, 2.45) is 0 Å². The van der Waals surface area contributed by atoms with E-state index in [0.717, 1.165) is 5.56 Å². The van der Waals surface area contributed by atoms with E-state index in [9.17, 15) is 12.8 Å². The summed E-state index contributed by atoms with van der Waals surface area (Å²) in [6.07, 6.45) is 5.95. The molecule has 1 saturated heterocycles. The van der Waals surface area contributed by atoms with Gasteiger partial charge in [0, 0.05) is 44.6 Å². The molecule has 10 nitrogen and oxygen atoms in total. The number of nitrogens with one attached hydrogen (secondary N) is 2. The molecule has 3 aromatic rings. The van der Waals surface area contributed by atoms with Gasteiger partial charge in [0.2, 0.25) is 16.0 Å². The quantitative estimate of drug-likeness (QED) is 0.496. The molecule has 0 aliphatic carbocycles. The van der Waals surface area contributed by atoms with Crippen LogP contribution < -0.4 is 15.5 Å². The van der Waals surface area contributed by atoms with Gasteiger partial charge in [-0.05, 0) is 24.6 Å².